The second-order valence-corrected chi connectivity index (χ2v) is 14.0. The van der Waals surface area contributed by atoms with Crippen molar-refractivity contribution >= 4 is 47.8 Å². The number of fused-ring (bicyclic) bond motifs is 1. The Hall–Kier alpha value is -2.50. The molecule has 2 heterocycles. The zero-order valence-corrected chi connectivity index (χ0v) is 21.1. The molecule has 3 aromatic rings. The highest BCUT2D eigenvalue weighted by Gasteiger charge is 2.33. The third kappa shape index (κ3) is 5.36. The number of thiazole rings is 1. The van der Waals surface area contributed by atoms with Gasteiger partial charge in [-0.3, -0.25) is 0 Å². The van der Waals surface area contributed by atoms with Gasteiger partial charge < -0.3 is 10.6 Å². The Bertz CT molecular complexity index is 1380. The van der Waals surface area contributed by atoms with E-state index in [2.05, 4.69) is 34.4 Å². The zero-order valence-electron chi connectivity index (χ0n) is 18.6. The molecule has 0 aliphatic heterocycles. The zero-order chi connectivity index (χ0) is 23.9. The first kappa shape index (κ1) is 23.7. The second kappa shape index (κ2) is 8.69. The Morgan fingerprint density at radius 1 is 1.00 bits per heavy atom. The van der Waals surface area contributed by atoms with E-state index in [9.17, 15) is 16.8 Å². The van der Waals surface area contributed by atoms with Crippen LogP contribution < -0.4 is 10.6 Å². The largest absolute Gasteiger partial charge is 0.369 e. The molecule has 1 aromatic carbocycles. The second-order valence-electron chi connectivity index (χ2n) is 8.75. The Labute approximate surface area is 198 Å². The number of benzene rings is 1. The number of sulfone groups is 2. The van der Waals surface area contributed by atoms with Crippen molar-refractivity contribution in [1.29, 1.82) is 0 Å². The first-order valence-electron chi connectivity index (χ1n) is 10.5. The summed E-state index contributed by atoms with van der Waals surface area (Å²) in [5.74, 6) is 0.489. The van der Waals surface area contributed by atoms with Crippen molar-refractivity contribution in [3.8, 4) is 0 Å². The fourth-order valence-electron chi connectivity index (χ4n) is 3.67. The quantitative estimate of drug-likeness (QED) is 0.474. The molecular formula is C22H26N4O4S3. The Kier molecular flexibility index (Phi) is 6.23. The average molecular weight is 507 g/mol. The summed E-state index contributed by atoms with van der Waals surface area (Å²) >= 11 is 1.55. The predicted molar refractivity (Wildman–Crippen MR) is 131 cm³/mol. The van der Waals surface area contributed by atoms with Gasteiger partial charge in [0.15, 0.2) is 5.13 Å². The molecule has 0 radical (unpaired) electrons. The normalized spacial score (nSPS) is 15.2. The van der Waals surface area contributed by atoms with Gasteiger partial charge in [0.25, 0.3) is 0 Å². The molecule has 33 heavy (non-hydrogen) atoms. The molecule has 1 aliphatic carbocycles. The summed E-state index contributed by atoms with van der Waals surface area (Å²) < 4.78 is 49.4. The van der Waals surface area contributed by atoms with Crippen LogP contribution in [0.5, 0.6) is 0 Å². The molecule has 0 saturated carbocycles. The van der Waals surface area contributed by atoms with Crippen molar-refractivity contribution in [1.82, 2.24) is 9.97 Å². The number of aryl methyl sites for hydroxylation is 1. The lowest BCUT2D eigenvalue weighted by Gasteiger charge is -2.15. The van der Waals surface area contributed by atoms with E-state index in [-0.39, 0.29) is 33.3 Å². The van der Waals surface area contributed by atoms with E-state index in [0.717, 1.165) is 24.8 Å². The molecule has 2 aromatic heterocycles. The van der Waals surface area contributed by atoms with Gasteiger partial charge in [-0.2, -0.15) is 0 Å². The van der Waals surface area contributed by atoms with E-state index < -0.39 is 19.7 Å². The summed E-state index contributed by atoms with van der Waals surface area (Å²) in [7, 11) is -6.98. The molecule has 0 amide bonds. The smallest absolute Gasteiger partial charge is 0.206 e. The molecule has 0 spiro atoms. The van der Waals surface area contributed by atoms with Crippen LogP contribution in [0.25, 0.3) is 0 Å². The molecule has 2 N–H and O–H groups in total. The maximum atomic E-state index is 13.2. The van der Waals surface area contributed by atoms with Gasteiger partial charge in [-0.1, -0.05) is 32.0 Å². The molecule has 1 aliphatic rings. The van der Waals surface area contributed by atoms with Crippen LogP contribution in [0.15, 0.2) is 52.3 Å². The Morgan fingerprint density at radius 3 is 2.36 bits per heavy atom. The third-order valence-corrected chi connectivity index (χ3v) is 9.55. The van der Waals surface area contributed by atoms with E-state index >= 15 is 0 Å². The Balaban J connectivity index is 1.69. The number of anilines is 3. The average Bonchev–Trinajstić information content (AvgIpc) is 3.27. The van der Waals surface area contributed by atoms with Gasteiger partial charge in [0, 0.05) is 29.2 Å². The number of rotatable bonds is 8. The van der Waals surface area contributed by atoms with Crippen LogP contribution in [-0.4, -0.2) is 45.4 Å². The number of hydrogen-bond acceptors (Lipinski definition) is 9. The van der Waals surface area contributed by atoms with E-state index in [0.29, 0.717) is 10.9 Å². The van der Waals surface area contributed by atoms with Crippen molar-refractivity contribution in [3.63, 3.8) is 0 Å². The Morgan fingerprint density at radius 2 is 1.70 bits per heavy atom. The summed E-state index contributed by atoms with van der Waals surface area (Å²) in [5.41, 5.74) is 1.13. The first-order valence-corrected chi connectivity index (χ1v) is 14.8. The monoisotopic (exact) mass is 506 g/mol. The topological polar surface area (TPSA) is 118 Å². The summed E-state index contributed by atoms with van der Waals surface area (Å²) in [6.45, 7) is 4.49. The van der Waals surface area contributed by atoms with Crippen LogP contribution >= 0.6 is 11.3 Å². The molecule has 0 unspecified atom stereocenters. The highest BCUT2D eigenvalue weighted by atomic mass is 32.2. The number of aromatic nitrogens is 2. The van der Waals surface area contributed by atoms with Crippen LogP contribution in [0.4, 0.5) is 16.8 Å². The van der Waals surface area contributed by atoms with E-state index in [1.165, 1.54) is 29.1 Å². The van der Waals surface area contributed by atoms with E-state index in [1.54, 1.807) is 29.5 Å². The minimum absolute atomic E-state index is 0.0532. The van der Waals surface area contributed by atoms with Crippen LogP contribution in [0, 0.1) is 0 Å². The van der Waals surface area contributed by atoms with Gasteiger partial charge in [0.05, 0.1) is 21.2 Å². The summed E-state index contributed by atoms with van der Waals surface area (Å²) in [4.78, 5) is 10.6. The molecule has 176 valence electrons. The molecule has 8 nitrogen and oxygen atoms in total. The standard InChI is InChI=1S/C22H26N4O4S3/c1-22(2)10-9-17-20(22)31-21(24-17)26-19-14-16(33(29,30)15-7-5-4-6-8-15)13-18(25-19)23-11-12-32(3,27)28/h4-8,13-14H,9-12H2,1-3H3,(H2,23,24,25,26). The number of pyridine rings is 1. The molecule has 0 bridgehead atoms. The highest BCUT2D eigenvalue weighted by molar-refractivity contribution is 7.91. The minimum atomic E-state index is -3.80. The van der Waals surface area contributed by atoms with Crippen molar-refractivity contribution in [2.24, 2.45) is 0 Å². The predicted octanol–water partition coefficient (Wildman–Crippen LogP) is 3.79. The number of nitrogens with zero attached hydrogens (tertiary/aromatic N) is 2. The van der Waals surface area contributed by atoms with Crippen LogP contribution in [0.2, 0.25) is 0 Å². The molecule has 0 fully saturated rings. The lowest BCUT2D eigenvalue weighted by Crippen LogP contribution is -2.15. The van der Waals surface area contributed by atoms with Gasteiger partial charge in [0.1, 0.15) is 21.5 Å². The van der Waals surface area contributed by atoms with Crippen LogP contribution in [-0.2, 0) is 31.5 Å². The molecule has 11 heteroatoms. The summed E-state index contributed by atoms with van der Waals surface area (Å²) in [6.07, 6.45) is 3.11. The van der Waals surface area contributed by atoms with E-state index in [1.807, 2.05) is 0 Å². The lowest BCUT2D eigenvalue weighted by atomic mass is 9.93. The van der Waals surface area contributed by atoms with Crippen LogP contribution in [0.1, 0.15) is 30.8 Å². The number of hydrogen-bond donors (Lipinski definition) is 2. The molecular weight excluding hydrogens is 480 g/mol. The van der Waals surface area contributed by atoms with Crippen molar-refractivity contribution < 1.29 is 16.8 Å². The van der Waals surface area contributed by atoms with Gasteiger partial charge in [-0.15, -0.1) is 11.3 Å². The highest BCUT2D eigenvalue weighted by Crippen LogP contribution is 2.43. The summed E-state index contributed by atoms with van der Waals surface area (Å²) in [5, 5.41) is 6.74. The van der Waals surface area contributed by atoms with Gasteiger partial charge in [-0.25, -0.2) is 26.8 Å². The fraction of sp³-hybridized carbons (Fsp3) is 0.364. The van der Waals surface area contributed by atoms with Gasteiger partial charge in [0.2, 0.25) is 9.84 Å². The third-order valence-electron chi connectivity index (χ3n) is 5.48. The van der Waals surface area contributed by atoms with Gasteiger partial charge in [-0.05, 0) is 31.0 Å². The SMILES string of the molecule is CC1(C)CCc2nc(Nc3cc(S(=O)(=O)c4ccccc4)cc(NCCS(C)(=O)=O)n3)sc21. The fourth-order valence-corrected chi connectivity index (χ4v) is 6.62. The lowest BCUT2D eigenvalue weighted by molar-refractivity contribution is 0.530. The number of nitrogens with one attached hydrogen (secondary N) is 2. The van der Waals surface area contributed by atoms with Crippen molar-refractivity contribution in [2.75, 3.05) is 29.2 Å². The van der Waals surface area contributed by atoms with E-state index in [4.69, 9.17) is 0 Å². The molecule has 0 saturated heterocycles. The molecule has 0 atom stereocenters. The molecule has 4 rings (SSSR count). The first-order chi connectivity index (χ1) is 15.4. The van der Waals surface area contributed by atoms with Gasteiger partial charge >= 0.3 is 0 Å². The maximum Gasteiger partial charge on any atom is 0.206 e. The maximum absolute atomic E-state index is 13.2. The minimum Gasteiger partial charge on any atom is -0.369 e. The van der Waals surface area contributed by atoms with Crippen LogP contribution in [0.3, 0.4) is 0 Å². The summed E-state index contributed by atoms with van der Waals surface area (Å²) in [6, 6.07) is 11.0. The van der Waals surface area contributed by atoms with Crippen molar-refractivity contribution in [3.05, 3.63) is 53.0 Å². The van der Waals surface area contributed by atoms with Crippen molar-refractivity contribution in [2.45, 2.75) is 41.9 Å².